The van der Waals surface area contributed by atoms with Crippen LogP contribution in [0.15, 0.2) is 35.5 Å². The Hall–Kier alpha value is -1.89. The molecule has 1 saturated carbocycles. The van der Waals surface area contributed by atoms with E-state index in [4.69, 9.17) is 21.0 Å². The van der Waals surface area contributed by atoms with E-state index in [-0.39, 0.29) is 28.4 Å². The maximum Gasteiger partial charge on any atom is 0.192 e. The molecule has 1 aromatic heterocycles. The molecule has 2 aliphatic rings. The molecular weight excluding hydrogens is 443 g/mol. The first-order valence-corrected chi connectivity index (χ1v) is 14.4. The third kappa shape index (κ3) is 4.73. The lowest BCUT2D eigenvalue weighted by Gasteiger charge is -2.39. The van der Waals surface area contributed by atoms with E-state index in [9.17, 15) is 9.18 Å². The van der Waals surface area contributed by atoms with Crippen LogP contribution in [0, 0.1) is 11.7 Å². The molecule has 2 heterocycles. The number of aromatic nitrogens is 1. The molecule has 4 nitrogen and oxygen atoms in total. The van der Waals surface area contributed by atoms with Gasteiger partial charge in [-0.25, -0.2) is 14.4 Å². The fourth-order valence-electron chi connectivity index (χ4n) is 3.79. The largest absolute Gasteiger partial charge is 0.408 e. The van der Waals surface area contributed by atoms with Crippen LogP contribution in [0.5, 0.6) is 0 Å². The number of aliphatic imine (C=N–C) groups is 1. The molecule has 1 aliphatic heterocycles. The van der Waals surface area contributed by atoms with Crippen molar-refractivity contribution in [1.29, 1.82) is 0 Å². The van der Waals surface area contributed by atoms with Gasteiger partial charge in [0.1, 0.15) is 5.82 Å². The van der Waals surface area contributed by atoms with E-state index in [1.54, 1.807) is 18.3 Å². The maximum atomic E-state index is 13.5. The number of halogens is 2. The number of fused-ring (bicyclic) bond motifs is 1. The quantitative estimate of drug-likeness (QED) is 0.331. The third-order valence-electron chi connectivity index (χ3n) is 6.90. The standard InChI is InChI=1S/C25H30ClFN2O2Si/c1-25(2,3)32(4,5)31-23(16-7-8-16)21-14-18-17(10-11-28-24(18)29-21)22(30)13-15-6-9-20(27)19(26)12-15/h6,9-12,16,23H,7-8,13-14H2,1-5H3. The first kappa shape index (κ1) is 23.3. The molecule has 1 fully saturated rings. The Morgan fingerprint density at radius 1 is 1.28 bits per heavy atom. The second-order valence-corrected chi connectivity index (χ2v) is 15.6. The Labute approximate surface area is 195 Å². The summed E-state index contributed by atoms with van der Waals surface area (Å²) in [6, 6.07) is 6.15. The van der Waals surface area contributed by atoms with E-state index in [1.807, 2.05) is 0 Å². The summed E-state index contributed by atoms with van der Waals surface area (Å²) < 4.78 is 20.3. The summed E-state index contributed by atoms with van der Waals surface area (Å²) in [4.78, 5) is 22.4. The van der Waals surface area contributed by atoms with Crippen molar-refractivity contribution in [1.82, 2.24) is 4.98 Å². The van der Waals surface area contributed by atoms with Gasteiger partial charge >= 0.3 is 0 Å². The average molecular weight is 473 g/mol. The second-order valence-electron chi connectivity index (χ2n) is 10.4. The number of carbonyl (C=O) groups is 1. The molecule has 0 saturated heterocycles. The van der Waals surface area contributed by atoms with Crippen molar-refractivity contribution in [2.24, 2.45) is 10.9 Å². The summed E-state index contributed by atoms with van der Waals surface area (Å²) in [5.41, 5.74) is 3.16. The molecule has 0 radical (unpaired) electrons. The van der Waals surface area contributed by atoms with Gasteiger partial charge in [0.25, 0.3) is 0 Å². The minimum absolute atomic E-state index is 0.0102. The molecule has 0 amide bonds. The molecule has 2 aromatic rings. The average Bonchev–Trinajstić information content (AvgIpc) is 3.45. The lowest BCUT2D eigenvalue weighted by atomic mass is 9.96. The van der Waals surface area contributed by atoms with Crippen LogP contribution in [0.2, 0.25) is 23.2 Å². The number of nitrogens with zero attached hydrogens (tertiary/aromatic N) is 2. The Bertz CT molecular complexity index is 1090. The summed E-state index contributed by atoms with van der Waals surface area (Å²) in [5, 5.41) is 0.137. The van der Waals surface area contributed by atoms with Crippen LogP contribution in [0.1, 0.15) is 55.1 Å². The Morgan fingerprint density at radius 2 is 2.00 bits per heavy atom. The second kappa shape index (κ2) is 8.47. The zero-order valence-corrected chi connectivity index (χ0v) is 21.1. The Kier molecular flexibility index (Phi) is 6.16. The Balaban J connectivity index is 1.55. The van der Waals surface area contributed by atoms with Crippen LogP contribution < -0.4 is 0 Å². The first-order chi connectivity index (χ1) is 15.0. The predicted octanol–water partition coefficient (Wildman–Crippen LogP) is 6.73. The number of Topliss-reactive ketones (excluding diaryl/α,β-unsaturated/α-hetero) is 1. The summed E-state index contributed by atoms with van der Waals surface area (Å²) in [7, 11) is -1.97. The molecule has 0 N–H and O–H groups in total. The fraction of sp³-hybridized carbons (Fsp3) is 0.480. The van der Waals surface area contributed by atoms with Gasteiger partial charge in [0.15, 0.2) is 19.9 Å². The molecule has 1 aliphatic carbocycles. The predicted molar refractivity (Wildman–Crippen MR) is 129 cm³/mol. The zero-order valence-electron chi connectivity index (χ0n) is 19.3. The zero-order chi connectivity index (χ0) is 23.3. The van der Waals surface area contributed by atoms with Crippen molar-refractivity contribution in [3.05, 3.63) is 58.0 Å². The highest BCUT2D eigenvalue weighted by Crippen LogP contribution is 2.44. The van der Waals surface area contributed by atoms with Crippen LogP contribution in [0.25, 0.3) is 0 Å². The number of rotatable bonds is 7. The van der Waals surface area contributed by atoms with Crippen LogP contribution in [0.3, 0.4) is 0 Å². The van der Waals surface area contributed by atoms with Gasteiger partial charge in [-0.2, -0.15) is 0 Å². The normalized spacial score (nSPS) is 17.2. The van der Waals surface area contributed by atoms with Crippen molar-refractivity contribution >= 4 is 37.2 Å². The topological polar surface area (TPSA) is 51.6 Å². The molecule has 0 bridgehead atoms. The van der Waals surface area contributed by atoms with E-state index >= 15 is 0 Å². The van der Waals surface area contributed by atoms with Crippen molar-refractivity contribution in [2.75, 3.05) is 0 Å². The number of hydrogen-bond donors (Lipinski definition) is 0. The van der Waals surface area contributed by atoms with E-state index < -0.39 is 14.1 Å². The maximum absolute atomic E-state index is 13.5. The molecule has 170 valence electrons. The molecule has 1 aromatic carbocycles. The summed E-state index contributed by atoms with van der Waals surface area (Å²) in [6.07, 6.45) is 4.67. The summed E-state index contributed by atoms with van der Waals surface area (Å²) in [5.74, 6) is 0.583. The molecular formula is C25H30ClFN2O2Si. The smallest absolute Gasteiger partial charge is 0.192 e. The van der Waals surface area contributed by atoms with E-state index in [1.165, 1.54) is 12.1 Å². The highest BCUT2D eigenvalue weighted by atomic mass is 35.5. The van der Waals surface area contributed by atoms with Crippen molar-refractivity contribution in [3.8, 4) is 0 Å². The SMILES string of the molecule is CC(C)(C)[Si](C)(C)OC(C1=Nc2nccc(C(=O)Cc3ccc(F)c(Cl)c3)c2C1)C1CC1. The minimum Gasteiger partial charge on any atom is -0.408 e. The highest BCUT2D eigenvalue weighted by molar-refractivity contribution is 6.74. The number of benzene rings is 1. The lowest BCUT2D eigenvalue weighted by molar-refractivity contribution is 0.0992. The third-order valence-corrected chi connectivity index (χ3v) is 11.6. The Morgan fingerprint density at radius 3 is 2.62 bits per heavy atom. The number of carbonyl (C=O) groups excluding carboxylic acids is 1. The van der Waals surface area contributed by atoms with Gasteiger partial charge in [-0.15, -0.1) is 0 Å². The van der Waals surface area contributed by atoms with Crippen LogP contribution >= 0.6 is 11.6 Å². The molecule has 32 heavy (non-hydrogen) atoms. The van der Waals surface area contributed by atoms with Gasteiger partial charge in [0, 0.05) is 30.2 Å². The van der Waals surface area contributed by atoms with Gasteiger partial charge in [0.05, 0.1) is 16.8 Å². The molecule has 1 atom stereocenters. The highest BCUT2D eigenvalue weighted by Gasteiger charge is 2.45. The first-order valence-electron chi connectivity index (χ1n) is 11.2. The monoisotopic (exact) mass is 472 g/mol. The number of ketones is 1. The molecule has 1 unspecified atom stereocenters. The molecule has 7 heteroatoms. The van der Waals surface area contributed by atoms with Crippen LogP contribution in [0.4, 0.5) is 10.2 Å². The van der Waals surface area contributed by atoms with Gasteiger partial charge in [0.2, 0.25) is 0 Å². The number of pyridine rings is 1. The van der Waals surface area contributed by atoms with Crippen LogP contribution in [-0.2, 0) is 17.3 Å². The summed E-state index contributed by atoms with van der Waals surface area (Å²) >= 11 is 5.89. The van der Waals surface area contributed by atoms with E-state index in [0.29, 0.717) is 29.3 Å². The van der Waals surface area contributed by atoms with Gasteiger partial charge < -0.3 is 4.43 Å². The summed E-state index contributed by atoms with van der Waals surface area (Å²) in [6.45, 7) is 11.3. The van der Waals surface area contributed by atoms with E-state index in [0.717, 1.165) is 24.1 Å². The van der Waals surface area contributed by atoms with Crippen molar-refractivity contribution < 1.29 is 13.6 Å². The van der Waals surface area contributed by atoms with Gasteiger partial charge in [-0.05, 0) is 60.7 Å². The van der Waals surface area contributed by atoms with E-state index in [2.05, 4.69) is 38.8 Å². The van der Waals surface area contributed by atoms with Crippen molar-refractivity contribution in [2.45, 2.75) is 70.7 Å². The minimum atomic E-state index is -1.97. The molecule has 0 spiro atoms. The lowest BCUT2D eigenvalue weighted by Crippen LogP contribution is -2.46. The van der Waals surface area contributed by atoms with Crippen LogP contribution in [-0.4, -0.2) is 30.9 Å². The number of hydrogen-bond acceptors (Lipinski definition) is 4. The molecule has 4 rings (SSSR count). The van der Waals surface area contributed by atoms with Crippen molar-refractivity contribution in [3.63, 3.8) is 0 Å². The fourth-order valence-corrected chi connectivity index (χ4v) is 5.31. The van der Waals surface area contributed by atoms with Gasteiger partial charge in [-0.1, -0.05) is 38.4 Å². The van der Waals surface area contributed by atoms with Gasteiger partial charge in [-0.3, -0.25) is 4.79 Å².